The van der Waals surface area contributed by atoms with Crippen LogP contribution in [0.15, 0.2) is 0 Å². The van der Waals surface area contributed by atoms with Crippen molar-refractivity contribution in [2.24, 2.45) is 5.41 Å². The summed E-state index contributed by atoms with van der Waals surface area (Å²) in [6.07, 6.45) is 4.62. The maximum Gasteiger partial charge on any atom is 0.319 e. The van der Waals surface area contributed by atoms with Crippen LogP contribution in [-0.4, -0.2) is 55.2 Å². The summed E-state index contributed by atoms with van der Waals surface area (Å²) in [5.41, 5.74) is 0.432. The predicted octanol–water partition coefficient (Wildman–Crippen LogP) is 1.31. The summed E-state index contributed by atoms with van der Waals surface area (Å²) in [4.78, 5) is 16.2. The van der Waals surface area contributed by atoms with Crippen LogP contribution in [0.4, 0.5) is 4.79 Å². The number of carbonyl (C=O) groups is 1. The third-order valence-corrected chi connectivity index (χ3v) is 4.29. The van der Waals surface area contributed by atoms with E-state index in [-0.39, 0.29) is 6.03 Å². The standard InChI is InChI=1S/C12H20N2O2/c15-11(13-5-1-2-6-13)14-7-3-12(4-8-14)9-16-10-12/h1-10H2. The SMILES string of the molecule is O=C(N1CCCC1)N1CCC2(CC1)COC2. The number of amides is 2. The first-order valence-electron chi connectivity index (χ1n) is 6.41. The third kappa shape index (κ3) is 1.69. The van der Waals surface area contributed by atoms with E-state index >= 15 is 0 Å². The number of hydrogen-bond acceptors (Lipinski definition) is 2. The Kier molecular flexibility index (Phi) is 2.54. The van der Waals surface area contributed by atoms with Crippen LogP contribution >= 0.6 is 0 Å². The molecule has 3 saturated heterocycles. The predicted molar refractivity (Wildman–Crippen MR) is 60.3 cm³/mol. The van der Waals surface area contributed by atoms with Crippen LogP contribution in [0.25, 0.3) is 0 Å². The zero-order chi connectivity index (χ0) is 11.0. The smallest absolute Gasteiger partial charge is 0.319 e. The monoisotopic (exact) mass is 224 g/mol. The van der Waals surface area contributed by atoms with Gasteiger partial charge < -0.3 is 14.5 Å². The molecule has 0 radical (unpaired) electrons. The lowest BCUT2D eigenvalue weighted by atomic mass is 9.77. The van der Waals surface area contributed by atoms with E-state index < -0.39 is 0 Å². The van der Waals surface area contributed by atoms with Crippen LogP contribution in [0.5, 0.6) is 0 Å². The molecule has 2 amide bonds. The Morgan fingerprint density at radius 1 is 0.938 bits per heavy atom. The zero-order valence-electron chi connectivity index (χ0n) is 9.78. The molecule has 0 aromatic carbocycles. The molecule has 3 aliphatic rings. The molecule has 0 atom stereocenters. The second-order valence-corrected chi connectivity index (χ2v) is 5.46. The first kappa shape index (κ1) is 10.4. The number of piperidine rings is 1. The maximum atomic E-state index is 12.1. The Hall–Kier alpha value is -0.770. The van der Waals surface area contributed by atoms with Gasteiger partial charge in [0.15, 0.2) is 0 Å². The van der Waals surface area contributed by atoms with Crippen LogP contribution in [0, 0.1) is 5.41 Å². The van der Waals surface area contributed by atoms with Crippen molar-refractivity contribution in [3.63, 3.8) is 0 Å². The Bertz CT molecular complexity index is 273. The summed E-state index contributed by atoms with van der Waals surface area (Å²) in [5, 5.41) is 0. The molecule has 0 bridgehead atoms. The molecule has 0 aromatic rings. The number of hydrogen-bond donors (Lipinski definition) is 0. The van der Waals surface area contributed by atoms with Gasteiger partial charge in [0.2, 0.25) is 0 Å². The molecular weight excluding hydrogens is 204 g/mol. The van der Waals surface area contributed by atoms with Gasteiger partial charge in [-0.3, -0.25) is 0 Å². The first-order chi connectivity index (χ1) is 7.79. The lowest BCUT2D eigenvalue weighted by Crippen LogP contribution is -2.54. The van der Waals surface area contributed by atoms with E-state index in [0.717, 1.165) is 52.2 Å². The summed E-state index contributed by atoms with van der Waals surface area (Å²) in [6.45, 7) is 5.61. The van der Waals surface area contributed by atoms with Gasteiger partial charge in [-0.05, 0) is 25.7 Å². The minimum Gasteiger partial charge on any atom is -0.380 e. The van der Waals surface area contributed by atoms with Gasteiger partial charge in [0, 0.05) is 31.6 Å². The molecule has 3 fully saturated rings. The van der Waals surface area contributed by atoms with Crippen LogP contribution in [0.1, 0.15) is 25.7 Å². The fourth-order valence-electron chi connectivity index (χ4n) is 2.96. The molecule has 3 aliphatic heterocycles. The first-order valence-corrected chi connectivity index (χ1v) is 6.41. The van der Waals surface area contributed by atoms with Crippen LogP contribution in [0.2, 0.25) is 0 Å². The van der Waals surface area contributed by atoms with E-state index in [1.54, 1.807) is 0 Å². The van der Waals surface area contributed by atoms with Crippen molar-refractivity contribution in [2.75, 3.05) is 39.4 Å². The number of ether oxygens (including phenoxy) is 1. The minimum atomic E-state index is 0.271. The van der Waals surface area contributed by atoms with Gasteiger partial charge in [0.05, 0.1) is 13.2 Å². The van der Waals surface area contributed by atoms with Crippen molar-refractivity contribution < 1.29 is 9.53 Å². The van der Waals surface area contributed by atoms with Gasteiger partial charge >= 0.3 is 6.03 Å². The van der Waals surface area contributed by atoms with Crippen molar-refractivity contribution in [3.05, 3.63) is 0 Å². The average Bonchev–Trinajstić information content (AvgIpc) is 2.80. The van der Waals surface area contributed by atoms with Crippen LogP contribution in [-0.2, 0) is 4.74 Å². The number of urea groups is 1. The van der Waals surface area contributed by atoms with Crippen molar-refractivity contribution in [3.8, 4) is 0 Å². The van der Waals surface area contributed by atoms with E-state index in [0.29, 0.717) is 5.41 Å². The van der Waals surface area contributed by atoms with Crippen LogP contribution in [0.3, 0.4) is 0 Å². The summed E-state index contributed by atoms with van der Waals surface area (Å²) >= 11 is 0. The van der Waals surface area contributed by atoms with Crippen molar-refractivity contribution in [1.29, 1.82) is 0 Å². The van der Waals surface area contributed by atoms with E-state index in [1.165, 1.54) is 12.8 Å². The van der Waals surface area contributed by atoms with Crippen molar-refractivity contribution >= 4 is 6.03 Å². The Morgan fingerprint density at radius 2 is 1.50 bits per heavy atom. The Labute approximate surface area is 96.5 Å². The number of carbonyl (C=O) groups excluding carboxylic acids is 1. The molecule has 16 heavy (non-hydrogen) atoms. The topological polar surface area (TPSA) is 32.8 Å². The fourth-order valence-corrected chi connectivity index (χ4v) is 2.96. The average molecular weight is 224 g/mol. The maximum absolute atomic E-state index is 12.1. The summed E-state index contributed by atoms with van der Waals surface area (Å²) in [6, 6.07) is 0.271. The summed E-state index contributed by atoms with van der Waals surface area (Å²) in [5.74, 6) is 0. The van der Waals surface area contributed by atoms with E-state index in [9.17, 15) is 4.79 Å². The van der Waals surface area contributed by atoms with Crippen molar-refractivity contribution in [1.82, 2.24) is 9.80 Å². The third-order valence-electron chi connectivity index (χ3n) is 4.29. The highest BCUT2D eigenvalue weighted by atomic mass is 16.5. The lowest BCUT2D eigenvalue weighted by molar-refractivity contribution is -0.136. The highest BCUT2D eigenvalue weighted by molar-refractivity contribution is 5.74. The lowest BCUT2D eigenvalue weighted by Gasteiger charge is -2.47. The van der Waals surface area contributed by atoms with Gasteiger partial charge in [-0.2, -0.15) is 0 Å². The minimum absolute atomic E-state index is 0.271. The van der Waals surface area contributed by atoms with Gasteiger partial charge in [0.25, 0.3) is 0 Å². The van der Waals surface area contributed by atoms with Gasteiger partial charge in [-0.15, -0.1) is 0 Å². The molecular formula is C12H20N2O2. The fraction of sp³-hybridized carbons (Fsp3) is 0.917. The summed E-state index contributed by atoms with van der Waals surface area (Å²) in [7, 11) is 0. The highest BCUT2D eigenvalue weighted by Gasteiger charge is 2.42. The molecule has 0 aromatic heterocycles. The molecule has 0 N–H and O–H groups in total. The molecule has 90 valence electrons. The molecule has 0 aliphatic carbocycles. The van der Waals surface area contributed by atoms with Gasteiger partial charge in [-0.25, -0.2) is 4.79 Å². The molecule has 4 nitrogen and oxygen atoms in total. The van der Waals surface area contributed by atoms with Gasteiger partial charge in [0.1, 0.15) is 0 Å². The Balaban J connectivity index is 1.54. The van der Waals surface area contributed by atoms with Crippen molar-refractivity contribution in [2.45, 2.75) is 25.7 Å². The molecule has 1 spiro atoms. The number of nitrogens with zero attached hydrogens (tertiary/aromatic N) is 2. The van der Waals surface area contributed by atoms with E-state index in [1.807, 2.05) is 9.80 Å². The number of likely N-dealkylation sites (tertiary alicyclic amines) is 2. The molecule has 0 unspecified atom stereocenters. The zero-order valence-corrected chi connectivity index (χ0v) is 9.78. The van der Waals surface area contributed by atoms with Gasteiger partial charge in [-0.1, -0.05) is 0 Å². The highest BCUT2D eigenvalue weighted by Crippen LogP contribution is 2.38. The molecule has 0 saturated carbocycles. The van der Waals surface area contributed by atoms with Crippen LogP contribution < -0.4 is 0 Å². The second kappa shape index (κ2) is 3.91. The summed E-state index contributed by atoms with van der Waals surface area (Å²) < 4.78 is 5.30. The quantitative estimate of drug-likeness (QED) is 0.621. The molecule has 4 heteroatoms. The Morgan fingerprint density at radius 3 is 2.00 bits per heavy atom. The molecule has 3 heterocycles. The normalized spacial score (nSPS) is 28.2. The molecule has 3 rings (SSSR count). The second-order valence-electron chi connectivity index (χ2n) is 5.46. The van der Waals surface area contributed by atoms with E-state index in [2.05, 4.69) is 0 Å². The number of rotatable bonds is 0. The largest absolute Gasteiger partial charge is 0.380 e. The van der Waals surface area contributed by atoms with E-state index in [4.69, 9.17) is 4.74 Å².